The van der Waals surface area contributed by atoms with Crippen LogP contribution in [-0.2, 0) is 24.3 Å². The van der Waals surface area contributed by atoms with Crippen LogP contribution >= 0.6 is 0 Å². The first-order chi connectivity index (χ1) is 13.0. The molecule has 0 N–H and O–H groups in total. The summed E-state index contributed by atoms with van der Waals surface area (Å²) in [5.74, 6) is -0.356. The Morgan fingerprint density at radius 2 is 1.96 bits per heavy atom. The van der Waals surface area contributed by atoms with Crippen molar-refractivity contribution in [3.05, 3.63) is 47.2 Å². The van der Waals surface area contributed by atoms with Crippen LogP contribution in [0.1, 0.15) is 56.7 Å². The van der Waals surface area contributed by atoms with Gasteiger partial charge in [-0.3, -0.25) is 0 Å². The van der Waals surface area contributed by atoms with E-state index in [0.717, 1.165) is 49.9 Å². The maximum absolute atomic E-state index is 13.9. The van der Waals surface area contributed by atoms with Crippen molar-refractivity contribution in [2.75, 3.05) is 7.11 Å². The fraction of sp³-hybridized carbons (Fsp3) is 0.571. The molecule has 0 amide bonds. The molecule has 1 aromatic heterocycles. The third-order valence-electron chi connectivity index (χ3n) is 5.41. The van der Waals surface area contributed by atoms with Crippen molar-refractivity contribution >= 4 is 0 Å². The number of hydrogen-bond acceptors (Lipinski definition) is 3. The van der Waals surface area contributed by atoms with Gasteiger partial charge in [-0.1, -0.05) is 26.2 Å². The molecule has 6 heteroatoms. The van der Waals surface area contributed by atoms with Crippen LogP contribution in [0.4, 0.5) is 8.78 Å². The Labute approximate surface area is 159 Å². The lowest BCUT2D eigenvalue weighted by Crippen LogP contribution is -2.29. The zero-order chi connectivity index (χ0) is 19.3. The quantitative estimate of drug-likeness (QED) is 0.613. The summed E-state index contributed by atoms with van der Waals surface area (Å²) in [6, 6.07) is 5.29. The van der Waals surface area contributed by atoms with E-state index in [1.807, 2.05) is 10.7 Å². The molecule has 4 nitrogen and oxygen atoms in total. The number of halogens is 2. The molecule has 27 heavy (non-hydrogen) atoms. The minimum Gasteiger partial charge on any atom is -0.473 e. The smallest absolute Gasteiger partial charge is 0.212 e. The van der Waals surface area contributed by atoms with Crippen LogP contribution in [0.25, 0.3) is 0 Å². The first-order valence-corrected chi connectivity index (χ1v) is 9.74. The number of hydrogen-bond donors (Lipinski definition) is 0. The largest absolute Gasteiger partial charge is 0.473 e. The lowest BCUT2D eigenvalue weighted by molar-refractivity contribution is -0.0156. The topological polar surface area (TPSA) is 36.3 Å². The van der Waals surface area contributed by atoms with Gasteiger partial charge in [0.15, 0.2) is 0 Å². The van der Waals surface area contributed by atoms with Crippen LogP contribution in [0, 0.1) is 11.6 Å². The predicted octanol–water partition coefficient (Wildman–Crippen LogP) is 5.04. The summed E-state index contributed by atoms with van der Waals surface area (Å²) in [6.07, 6.45) is 7.21. The molecule has 2 aromatic rings. The predicted molar refractivity (Wildman–Crippen MR) is 99.7 cm³/mol. The highest BCUT2D eigenvalue weighted by Crippen LogP contribution is 2.36. The second kappa shape index (κ2) is 8.83. The molecule has 1 aromatic carbocycles. The Kier molecular flexibility index (Phi) is 6.47. The Morgan fingerprint density at radius 1 is 1.19 bits per heavy atom. The molecule has 3 rings (SSSR count). The second-order valence-electron chi connectivity index (χ2n) is 7.32. The van der Waals surface area contributed by atoms with Gasteiger partial charge in [-0.05, 0) is 43.9 Å². The summed E-state index contributed by atoms with van der Waals surface area (Å²) in [6.45, 7) is 2.74. The van der Waals surface area contributed by atoms with Gasteiger partial charge in [0, 0.05) is 25.3 Å². The van der Waals surface area contributed by atoms with Gasteiger partial charge in [-0.2, -0.15) is 5.10 Å². The number of aryl methyl sites for hydroxylation is 2. The highest BCUT2D eigenvalue weighted by atomic mass is 19.1. The minimum absolute atomic E-state index is 0.0315. The lowest BCUT2D eigenvalue weighted by Gasteiger charge is -2.27. The Balaban J connectivity index is 1.72. The molecule has 1 fully saturated rings. The van der Waals surface area contributed by atoms with Crippen LogP contribution in [0.2, 0.25) is 0 Å². The molecular weight excluding hydrogens is 350 g/mol. The van der Waals surface area contributed by atoms with Gasteiger partial charge in [0.25, 0.3) is 0 Å². The van der Waals surface area contributed by atoms with E-state index in [1.54, 1.807) is 7.11 Å². The van der Waals surface area contributed by atoms with Gasteiger partial charge in [0.1, 0.15) is 18.2 Å². The maximum atomic E-state index is 13.9. The highest BCUT2D eigenvalue weighted by molar-refractivity contribution is 5.21. The van der Waals surface area contributed by atoms with Gasteiger partial charge in [-0.15, -0.1) is 0 Å². The lowest BCUT2D eigenvalue weighted by atomic mass is 9.98. The number of nitrogens with zero attached hydrogens (tertiary/aromatic N) is 2. The fourth-order valence-electron chi connectivity index (χ4n) is 3.80. The number of benzene rings is 1. The summed E-state index contributed by atoms with van der Waals surface area (Å²) < 4.78 is 40.7. The summed E-state index contributed by atoms with van der Waals surface area (Å²) in [5, 5.41) is 4.65. The SMILES string of the molecule is CCCc1cc(OCc2cc(F)ccc2F)n(CCC2(OC)CCCC2)n1. The van der Waals surface area contributed by atoms with Crippen molar-refractivity contribution in [3.63, 3.8) is 0 Å². The number of aromatic nitrogens is 2. The van der Waals surface area contributed by atoms with Gasteiger partial charge < -0.3 is 9.47 Å². The molecule has 0 atom stereocenters. The van der Waals surface area contributed by atoms with Crippen LogP contribution in [-0.4, -0.2) is 22.5 Å². The Hall–Kier alpha value is -1.95. The molecule has 1 heterocycles. The van der Waals surface area contributed by atoms with E-state index in [0.29, 0.717) is 12.4 Å². The average Bonchev–Trinajstić information content (AvgIpc) is 3.28. The summed E-state index contributed by atoms with van der Waals surface area (Å²) in [4.78, 5) is 0. The molecule has 1 saturated carbocycles. The first-order valence-electron chi connectivity index (χ1n) is 9.74. The van der Waals surface area contributed by atoms with Crippen LogP contribution in [0.3, 0.4) is 0 Å². The molecule has 0 spiro atoms. The van der Waals surface area contributed by atoms with Crippen LogP contribution in [0.15, 0.2) is 24.3 Å². The standard InChI is InChI=1S/C21H28F2N2O2/c1-3-6-18-14-20(27-15-16-13-17(22)7-8-19(16)23)25(24-18)12-11-21(26-2)9-4-5-10-21/h7-8,13-14H,3-6,9-12,15H2,1-2H3. The average molecular weight is 378 g/mol. The zero-order valence-corrected chi connectivity index (χ0v) is 16.1. The maximum Gasteiger partial charge on any atom is 0.212 e. The van der Waals surface area contributed by atoms with Gasteiger partial charge in [0.05, 0.1) is 11.3 Å². The molecule has 0 aliphatic heterocycles. The summed E-state index contributed by atoms with van der Waals surface area (Å²) >= 11 is 0. The normalized spacial score (nSPS) is 16.0. The first kappa shape index (κ1) is 19.8. The molecule has 0 saturated heterocycles. The van der Waals surface area contributed by atoms with Crippen LogP contribution in [0.5, 0.6) is 5.88 Å². The molecule has 1 aliphatic carbocycles. The third-order valence-corrected chi connectivity index (χ3v) is 5.41. The summed E-state index contributed by atoms with van der Waals surface area (Å²) in [7, 11) is 1.78. The van der Waals surface area contributed by atoms with E-state index in [2.05, 4.69) is 12.0 Å². The van der Waals surface area contributed by atoms with E-state index in [9.17, 15) is 8.78 Å². The van der Waals surface area contributed by atoms with Gasteiger partial charge >= 0.3 is 0 Å². The molecule has 0 unspecified atom stereocenters. The highest BCUT2D eigenvalue weighted by Gasteiger charge is 2.33. The molecular formula is C21H28F2N2O2. The van der Waals surface area contributed by atoms with Crippen LogP contribution < -0.4 is 4.74 Å². The van der Waals surface area contributed by atoms with E-state index >= 15 is 0 Å². The van der Waals surface area contributed by atoms with Crippen molar-refractivity contribution in [2.45, 2.75) is 70.6 Å². The number of methoxy groups -OCH3 is 1. The zero-order valence-electron chi connectivity index (χ0n) is 16.1. The minimum atomic E-state index is -0.474. The monoisotopic (exact) mass is 378 g/mol. The molecule has 148 valence electrons. The molecule has 0 radical (unpaired) electrons. The fourth-order valence-corrected chi connectivity index (χ4v) is 3.80. The van der Waals surface area contributed by atoms with E-state index < -0.39 is 11.6 Å². The van der Waals surface area contributed by atoms with Crippen molar-refractivity contribution in [2.24, 2.45) is 0 Å². The van der Waals surface area contributed by atoms with Gasteiger partial charge in [0.2, 0.25) is 5.88 Å². The molecule has 1 aliphatic rings. The van der Waals surface area contributed by atoms with Crippen molar-refractivity contribution in [1.82, 2.24) is 9.78 Å². The van der Waals surface area contributed by atoms with Crippen molar-refractivity contribution < 1.29 is 18.3 Å². The second-order valence-corrected chi connectivity index (χ2v) is 7.32. The van der Waals surface area contributed by atoms with Gasteiger partial charge in [-0.25, -0.2) is 13.5 Å². The van der Waals surface area contributed by atoms with E-state index in [1.165, 1.54) is 18.9 Å². The number of rotatable bonds is 9. The Morgan fingerprint density at radius 3 is 2.67 bits per heavy atom. The number of ether oxygens (including phenoxy) is 2. The summed E-state index contributed by atoms with van der Waals surface area (Å²) in [5.41, 5.74) is 1.07. The van der Waals surface area contributed by atoms with Crippen molar-refractivity contribution in [3.8, 4) is 5.88 Å². The van der Waals surface area contributed by atoms with Crippen molar-refractivity contribution in [1.29, 1.82) is 0 Å². The van der Waals surface area contributed by atoms with E-state index in [-0.39, 0.29) is 17.8 Å². The molecule has 0 bridgehead atoms. The Bertz CT molecular complexity index is 755. The third kappa shape index (κ3) is 4.86. The van der Waals surface area contributed by atoms with E-state index in [4.69, 9.17) is 9.47 Å².